The van der Waals surface area contributed by atoms with Gasteiger partial charge in [-0.05, 0) is 46.8 Å². The summed E-state index contributed by atoms with van der Waals surface area (Å²) >= 11 is 0. The molecule has 0 aliphatic heterocycles. The number of aromatic amines is 1. The molecule has 6 heteroatoms. The molecule has 0 spiro atoms. The van der Waals surface area contributed by atoms with Crippen LogP contribution in [0.1, 0.15) is 43.6 Å². The number of hydrogen-bond acceptors (Lipinski definition) is 4. The number of nitrogens with zero attached hydrogens (tertiary/aromatic N) is 1. The van der Waals surface area contributed by atoms with E-state index in [1.807, 2.05) is 46.8 Å². The lowest BCUT2D eigenvalue weighted by Crippen LogP contribution is -2.20. The van der Waals surface area contributed by atoms with E-state index in [1.54, 1.807) is 6.07 Å². The highest BCUT2D eigenvalue weighted by molar-refractivity contribution is 5.97. The molecular weight excluding hydrogens is 306 g/mol. The van der Waals surface area contributed by atoms with Crippen LogP contribution in [-0.2, 0) is 4.79 Å². The number of aromatic nitrogens is 2. The Balaban J connectivity index is 2.25. The third-order valence-corrected chi connectivity index (χ3v) is 3.83. The summed E-state index contributed by atoms with van der Waals surface area (Å²) in [6.45, 7) is 10.6. The number of anilines is 1. The first-order valence-electron chi connectivity index (χ1n) is 8.19. The van der Waals surface area contributed by atoms with Gasteiger partial charge in [0, 0.05) is 17.3 Å². The molecule has 2 aromatic rings. The van der Waals surface area contributed by atoms with E-state index in [4.69, 9.17) is 9.47 Å². The second-order valence-electron chi connectivity index (χ2n) is 5.58. The van der Waals surface area contributed by atoms with Crippen LogP contribution in [0, 0.1) is 13.8 Å². The van der Waals surface area contributed by atoms with Crippen LogP contribution < -0.4 is 14.8 Å². The Morgan fingerprint density at radius 1 is 1.25 bits per heavy atom. The maximum atomic E-state index is 12.7. The molecule has 1 aromatic carbocycles. The van der Waals surface area contributed by atoms with Crippen LogP contribution in [0.3, 0.4) is 0 Å². The summed E-state index contributed by atoms with van der Waals surface area (Å²) in [5.41, 5.74) is 3.27. The standard InChI is InChI=1S/C18H25N3O3/c1-6-23-14-8-9-16(24-7-2)15(10-14)19-18(22)11(3)17-12(4)20-21-13(17)5/h8-11H,6-7H2,1-5H3,(H,19,22)(H,20,21). The first-order chi connectivity index (χ1) is 11.5. The summed E-state index contributed by atoms with van der Waals surface area (Å²) in [4.78, 5) is 12.7. The van der Waals surface area contributed by atoms with Crippen LogP contribution >= 0.6 is 0 Å². The van der Waals surface area contributed by atoms with E-state index in [1.165, 1.54) is 0 Å². The smallest absolute Gasteiger partial charge is 0.231 e. The summed E-state index contributed by atoms with van der Waals surface area (Å²) in [7, 11) is 0. The molecule has 1 atom stereocenters. The predicted octanol–water partition coefficient (Wildman–Crippen LogP) is 3.57. The van der Waals surface area contributed by atoms with Gasteiger partial charge in [0.05, 0.1) is 30.5 Å². The van der Waals surface area contributed by atoms with E-state index in [9.17, 15) is 4.79 Å². The Morgan fingerprint density at radius 3 is 2.54 bits per heavy atom. The monoisotopic (exact) mass is 331 g/mol. The molecule has 0 aliphatic carbocycles. The van der Waals surface area contributed by atoms with Gasteiger partial charge in [0.2, 0.25) is 5.91 Å². The number of amides is 1. The molecular formula is C18H25N3O3. The largest absolute Gasteiger partial charge is 0.494 e. The number of hydrogen-bond donors (Lipinski definition) is 2. The Kier molecular flexibility index (Phi) is 5.84. The summed E-state index contributed by atoms with van der Waals surface area (Å²) < 4.78 is 11.1. The van der Waals surface area contributed by atoms with Gasteiger partial charge < -0.3 is 14.8 Å². The number of benzene rings is 1. The number of carbonyl (C=O) groups is 1. The zero-order chi connectivity index (χ0) is 17.7. The van der Waals surface area contributed by atoms with Crippen molar-refractivity contribution in [2.45, 2.75) is 40.5 Å². The molecule has 0 saturated carbocycles. The van der Waals surface area contributed by atoms with Crippen molar-refractivity contribution in [1.29, 1.82) is 0 Å². The molecule has 1 heterocycles. The fourth-order valence-electron chi connectivity index (χ4n) is 2.71. The van der Waals surface area contributed by atoms with Gasteiger partial charge in [0.1, 0.15) is 11.5 Å². The van der Waals surface area contributed by atoms with Crippen molar-refractivity contribution in [2.24, 2.45) is 0 Å². The lowest BCUT2D eigenvalue weighted by atomic mass is 9.98. The zero-order valence-corrected chi connectivity index (χ0v) is 14.9. The Morgan fingerprint density at radius 2 is 1.96 bits per heavy atom. The van der Waals surface area contributed by atoms with E-state index in [-0.39, 0.29) is 11.8 Å². The van der Waals surface area contributed by atoms with Crippen LogP contribution in [0.2, 0.25) is 0 Å². The fraction of sp³-hybridized carbons (Fsp3) is 0.444. The van der Waals surface area contributed by atoms with Gasteiger partial charge in [-0.3, -0.25) is 9.89 Å². The highest BCUT2D eigenvalue weighted by atomic mass is 16.5. The van der Waals surface area contributed by atoms with E-state index in [2.05, 4.69) is 15.5 Å². The molecule has 0 saturated heterocycles. The Labute approximate surface area is 142 Å². The van der Waals surface area contributed by atoms with Crippen LogP contribution in [0.15, 0.2) is 18.2 Å². The molecule has 0 aliphatic rings. The van der Waals surface area contributed by atoms with E-state index in [0.29, 0.717) is 30.4 Å². The molecule has 2 N–H and O–H groups in total. The Hall–Kier alpha value is -2.50. The zero-order valence-electron chi connectivity index (χ0n) is 14.9. The molecule has 0 radical (unpaired) electrons. The van der Waals surface area contributed by atoms with Gasteiger partial charge in [-0.15, -0.1) is 0 Å². The summed E-state index contributed by atoms with van der Waals surface area (Å²) in [6, 6.07) is 5.43. The summed E-state index contributed by atoms with van der Waals surface area (Å²) in [5.74, 6) is 0.882. The summed E-state index contributed by atoms with van der Waals surface area (Å²) in [5, 5.41) is 10.0. The fourth-order valence-corrected chi connectivity index (χ4v) is 2.71. The molecule has 0 bridgehead atoms. The van der Waals surface area contributed by atoms with Gasteiger partial charge in [0.15, 0.2) is 0 Å². The van der Waals surface area contributed by atoms with Crippen LogP contribution in [0.4, 0.5) is 5.69 Å². The van der Waals surface area contributed by atoms with Crippen molar-refractivity contribution in [3.05, 3.63) is 35.2 Å². The van der Waals surface area contributed by atoms with Crippen LogP contribution in [0.5, 0.6) is 11.5 Å². The maximum absolute atomic E-state index is 12.7. The SMILES string of the molecule is CCOc1ccc(OCC)c(NC(=O)C(C)c2c(C)n[nH]c2C)c1. The van der Waals surface area contributed by atoms with Crippen molar-refractivity contribution in [2.75, 3.05) is 18.5 Å². The van der Waals surface area contributed by atoms with Crippen molar-refractivity contribution in [3.63, 3.8) is 0 Å². The molecule has 6 nitrogen and oxygen atoms in total. The normalized spacial score (nSPS) is 11.9. The molecule has 24 heavy (non-hydrogen) atoms. The van der Waals surface area contributed by atoms with Crippen LogP contribution in [0.25, 0.3) is 0 Å². The highest BCUT2D eigenvalue weighted by Gasteiger charge is 2.22. The van der Waals surface area contributed by atoms with Gasteiger partial charge in [-0.2, -0.15) is 5.10 Å². The number of rotatable bonds is 7. The van der Waals surface area contributed by atoms with E-state index in [0.717, 1.165) is 17.0 Å². The molecule has 1 aromatic heterocycles. The first-order valence-corrected chi connectivity index (χ1v) is 8.19. The highest BCUT2D eigenvalue weighted by Crippen LogP contribution is 2.31. The third kappa shape index (κ3) is 3.88. The molecule has 1 unspecified atom stereocenters. The summed E-state index contributed by atoms with van der Waals surface area (Å²) in [6.07, 6.45) is 0. The van der Waals surface area contributed by atoms with Crippen molar-refractivity contribution in [3.8, 4) is 11.5 Å². The number of carbonyl (C=O) groups excluding carboxylic acids is 1. The molecule has 130 valence electrons. The van der Waals surface area contributed by atoms with Gasteiger partial charge in [0.25, 0.3) is 0 Å². The molecule has 1 amide bonds. The predicted molar refractivity (Wildman–Crippen MR) is 93.9 cm³/mol. The van der Waals surface area contributed by atoms with Crippen molar-refractivity contribution < 1.29 is 14.3 Å². The third-order valence-electron chi connectivity index (χ3n) is 3.83. The van der Waals surface area contributed by atoms with E-state index < -0.39 is 0 Å². The second kappa shape index (κ2) is 7.86. The number of H-pyrrole nitrogens is 1. The lowest BCUT2D eigenvalue weighted by molar-refractivity contribution is -0.117. The maximum Gasteiger partial charge on any atom is 0.231 e. The quantitative estimate of drug-likeness (QED) is 0.813. The molecule has 0 fully saturated rings. The average Bonchev–Trinajstić information content (AvgIpc) is 2.88. The van der Waals surface area contributed by atoms with Gasteiger partial charge in [-0.1, -0.05) is 0 Å². The van der Waals surface area contributed by atoms with E-state index >= 15 is 0 Å². The number of aryl methyl sites for hydroxylation is 2. The van der Waals surface area contributed by atoms with Gasteiger partial charge in [-0.25, -0.2) is 0 Å². The minimum Gasteiger partial charge on any atom is -0.494 e. The second-order valence-corrected chi connectivity index (χ2v) is 5.58. The molecule has 2 rings (SSSR count). The average molecular weight is 331 g/mol. The topological polar surface area (TPSA) is 76.2 Å². The lowest BCUT2D eigenvalue weighted by Gasteiger charge is -2.16. The number of ether oxygens (including phenoxy) is 2. The Bertz CT molecular complexity index is 690. The van der Waals surface area contributed by atoms with Crippen molar-refractivity contribution in [1.82, 2.24) is 10.2 Å². The number of nitrogens with one attached hydrogen (secondary N) is 2. The van der Waals surface area contributed by atoms with Crippen molar-refractivity contribution >= 4 is 11.6 Å². The minimum atomic E-state index is -0.325. The van der Waals surface area contributed by atoms with Gasteiger partial charge >= 0.3 is 0 Å². The minimum absolute atomic E-state index is 0.114. The first kappa shape index (κ1) is 17.8. The van der Waals surface area contributed by atoms with Crippen LogP contribution in [-0.4, -0.2) is 29.3 Å².